The van der Waals surface area contributed by atoms with Gasteiger partial charge >= 0.3 is 0 Å². The molecule has 3 heteroatoms. The summed E-state index contributed by atoms with van der Waals surface area (Å²) in [4.78, 5) is 4.66. The van der Waals surface area contributed by atoms with Crippen LogP contribution in [0, 0.1) is 0 Å². The zero-order chi connectivity index (χ0) is 21.8. The lowest BCUT2D eigenvalue weighted by Gasteiger charge is -2.12. The maximum Gasteiger partial charge on any atom is 0.131 e. The van der Waals surface area contributed by atoms with Crippen molar-refractivity contribution in [2.75, 3.05) is 0 Å². The second-order valence-electron chi connectivity index (χ2n) is 7.85. The van der Waals surface area contributed by atoms with Crippen LogP contribution in [-0.4, -0.2) is 16.4 Å². The third kappa shape index (κ3) is 4.51. The fourth-order valence-corrected chi connectivity index (χ4v) is 3.55. The lowest BCUT2D eigenvalue weighted by atomic mass is 9.96. The minimum Gasteiger partial charge on any atom is -0.507 e. The Labute approximate surface area is 183 Å². The van der Waals surface area contributed by atoms with Crippen LogP contribution in [-0.2, 0) is 0 Å². The monoisotopic (exact) mass is 407 g/mol. The van der Waals surface area contributed by atoms with E-state index < -0.39 is 0 Å². The Hall–Kier alpha value is -3.85. The van der Waals surface area contributed by atoms with Gasteiger partial charge < -0.3 is 10.2 Å². The van der Waals surface area contributed by atoms with Crippen molar-refractivity contribution in [2.45, 2.75) is 19.8 Å². The maximum atomic E-state index is 11.1. The highest BCUT2D eigenvalue weighted by molar-refractivity contribution is 5.89. The van der Waals surface area contributed by atoms with Crippen LogP contribution in [0.1, 0.15) is 30.9 Å². The van der Waals surface area contributed by atoms with E-state index in [-0.39, 0.29) is 11.5 Å². The Balaban J connectivity index is 1.83. The van der Waals surface area contributed by atoms with Gasteiger partial charge in [-0.15, -0.1) is 0 Å². The topological polar surface area (TPSA) is 52.8 Å². The van der Waals surface area contributed by atoms with E-state index in [2.05, 4.69) is 18.8 Å². The van der Waals surface area contributed by atoms with E-state index in [0.717, 1.165) is 16.7 Å². The molecule has 0 fully saturated rings. The summed E-state index contributed by atoms with van der Waals surface area (Å²) in [6, 6.07) is 28.9. The molecule has 154 valence electrons. The molecule has 0 aromatic heterocycles. The van der Waals surface area contributed by atoms with E-state index in [4.69, 9.17) is 0 Å². The molecule has 0 atom stereocenters. The number of aliphatic imine (C=N–C) groups is 1. The van der Waals surface area contributed by atoms with Crippen LogP contribution < -0.4 is 0 Å². The minimum atomic E-state index is 0.193. The first-order chi connectivity index (χ1) is 15.0. The van der Waals surface area contributed by atoms with Gasteiger partial charge in [-0.2, -0.15) is 0 Å². The number of phenols is 2. The summed E-state index contributed by atoms with van der Waals surface area (Å²) in [5, 5.41) is 21.3. The van der Waals surface area contributed by atoms with Crippen LogP contribution in [0.2, 0.25) is 0 Å². The maximum absolute atomic E-state index is 11.1. The molecule has 0 saturated carbocycles. The van der Waals surface area contributed by atoms with Crippen molar-refractivity contribution in [3.63, 3.8) is 0 Å². The summed E-state index contributed by atoms with van der Waals surface area (Å²) < 4.78 is 0. The molecule has 3 nitrogen and oxygen atoms in total. The third-order valence-electron chi connectivity index (χ3n) is 5.34. The fourth-order valence-electron chi connectivity index (χ4n) is 3.55. The molecule has 0 spiro atoms. The largest absolute Gasteiger partial charge is 0.507 e. The molecule has 0 aliphatic heterocycles. The van der Waals surface area contributed by atoms with Crippen LogP contribution in [0.15, 0.2) is 96.0 Å². The molecular weight excluding hydrogens is 382 g/mol. The molecule has 2 N–H and O–H groups in total. The zero-order valence-electron chi connectivity index (χ0n) is 17.7. The van der Waals surface area contributed by atoms with Crippen LogP contribution in [0.25, 0.3) is 22.3 Å². The van der Waals surface area contributed by atoms with Crippen LogP contribution in [0.5, 0.6) is 11.5 Å². The first-order valence-corrected chi connectivity index (χ1v) is 10.4. The van der Waals surface area contributed by atoms with Crippen molar-refractivity contribution in [1.29, 1.82) is 0 Å². The van der Waals surface area contributed by atoms with Gasteiger partial charge in [-0.1, -0.05) is 80.6 Å². The Bertz CT molecular complexity index is 1150. The van der Waals surface area contributed by atoms with Crippen molar-refractivity contribution in [2.24, 2.45) is 4.99 Å². The smallest absolute Gasteiger partial charge is 0.131 e. The van der Waals surface area contributed by atoms with E-state index >= 15 is 0 Å². The summed E-state index contributed by atoms with van der Waals surface area (Å²) in [6.07, 6.45) is 1.68. The normalized spacial score (nSPS) is 11.3. The Morgan fingerprint density at radius 2 is 1.26 bits per heavy atom. The molecule has 0 heterocycles. The molecule has 0 saturated heterocycles. The molecule has 0 bridgehead atoms. The van der Waals surface area contributed by atoms with Gasteiger partial charge in [0.25, 0.3) is 0 Å². The summed E-state index contributed by atoms with van der Waals surface area (Å²) in [6.45, 7) is 4.23. The molecule has 4 rings (SSSR count). The van der Waals surface area contributed by atoms with Gasteiger partial charge in [-0.05, 0) is 46.9 Å². The van der Waals surface area contributed by atoms with Gasteiger partial charge in [0.05, 0.1) is 5.69 Å². The quantitative estimate of drug-likeness (QED) is 0.341. The highest BCUT2D eigenvalue weighted by Gasteiger charge is 2.13. The molecule has 31 heavy (non-hydrogen) atoms. The first kappa shape index (κ1) is 20.4. The highest BCUT2D eigenvalue weighted by Crippen LogP contribution is 2.41. The lowest BCUT2D eigenvalue weighted by molar-refractivity contribution is 0.474. The molecular formula is C28H25NO2. The summed E-state index contributed by atoms with van der Waals surface area (Å²) >= 11 is 0. The number of nitrogens with zero attached hydrogens (tertiary/aromatic N) is 1. The number of hydrogen-bond acceptors (Lipinski definition) is 3. The standard InChI is InChI=1S/C28H25NO2/c1-19(2)22-13-14-27(30)23(15-22)18-29-24-16-25(20-9-5-3-6-10-20)28(31)26(17-24)21-11-7-4-8-12-21/h3-19,30-31H,1-2H3. The van der Waals surface area contributed by atoms with Crippen LogP contribution >= 0.6 is 0 Å². The van der Waals surface area contributed by atoms with E-state index in [0.29, 0.717) is 28.3 Å². The number of rotatable bonds is 5. The molecule has 0 unspecified atom stereocenters. The van der Waals surface area contributed by atoms with Gasteiger partial charge in [0.15, 0.2) is 0 Å². The molecule has 4 aromatic carbocycles. The van der Waals surface area contributed by atoms with Crippen LogP contribution in [0.4, 0.5) is 5.69 Å². The van der Waals surface area contributed by atoms with E-state index in [1.165, 1.54) is 0 Å². The molecule has 4 aromatic rings. The second kappa shape index (κ2) is 8.88. The minimum absolute atomic E-state index is 0.193. The van der Waals surface area contributed by atoms with Gasteiger partial charge in [0.1, 0.15) is 11.5 Å². The summed E-state index contributed by atoms with van der Waals surface area (Å²) in [5.41, 5.74) is 5.77. The zero-order valence-corrected chi connectivity index (χ0v) is 17.7. The number of hydrogen-bond donors (Lipinski definition) is 2. The van der Waals surface area contributed by atoms with Crippen molar-refractivity contribution >= 4 is 11.9 Å². The van der Waals surface area contributed by atoms with E-state index in [1.54, 1.807) is 12.3 Å². The fraction of sp³-hybridized carbons (Fsp3) is 0.107. The Morgan fingerprint density at radius 3 is 1.77 bits per heavy atom. The predicted molar refractivity (Wildman–Crippen MR) is 128 cm³/mol. The number of aromatic hydroxyl groups is 2. The van der Waals surface area contributed by atoms with E-state index in [9.17, 15) is 10.2 Å². The average Bonchev–Trinajstić information content (AvgIpc) is 2.80. The average molecular weight is 408 g/mol. The molecule has 0 amide bonds. The van der Waals surface area contributed by atoms with Gasteiger partial charge in [0, 0.05) is 22.9 Å². The highest BCUT2D eigenvalue weighted by atomic mass is 16.3. The Kier molecular flexibility index (Phi) is 5.85. The van der Waals surface area contributed by atoms with Crippen molar-refractivity contribution in [3.8, 4) is 33.8 Å². The van der Waals surface area contributed by atoms with Crippen LogP contribution in [0.3, 0.4) is 0 Å². The van der Waals surface area contributed by atoms with Crippen molar-refractivity contribution in [1.82, 2.24) is 0 Å². The summed E-state index contributed by atoms with van der Waals surface area (Å²) in [5.74, 6) is 0.773. The third-order valence-corrected chi connectivity index (χ3v) is 5.34. The summed E-state index contributed by atoms with van der Waals surface area (Å²) in [7, 11) is 0. The van der Waals surface area contributed by atoms with Crippen molar-refractivity contribution < 1.29 is 10.2 Å². The Morgan fingerprint density at radius 1 is 0.710 bits per heavy atom. The molecule has 0 radical (unpaired) electrons. The van der Waals surface area contributed by atoms with Gasteiger partial charge in [-0.25, -0.2) is 0 Å². The lowest BCUT2D eigenvalue weighted by Crippen LogP contribution is -1.91. The SMILES string of the molecule is CC(C)c1ccc(O)c(C=Nc2cc(-c3ccccc3)c(O)c(-c3ccccc3)c2)c1. The second-order valence-corrected chi connectivity index (χ2v) is 7.85. The first-order valence-electron chi connectivity index (χ1n) is 10.4. The predicted octanol–water partition coefficient (Wildman–Crippen LogP) is 7.31. The van der Waals surface area contributed by atoms with Crippen molar-refractivity contribution in [3.05, 3.63) is 102 Å². The number of benzene rings is 4. The van der Waals surface area contributed by atoms with Gasteiger partial charge in [0.2, 0.25) is 0 Å². The molecule has 0 aliphatic rings. The molecule has 0 aliphatic carbocycles. The number of phenolic OH excluding ortho intramolecular Hbond substituents is 2. The van der Waals surface area contributed by atoms with E-state index in [1.807, 2.05) is 84.9 Å². The van der Waals surface area contributed by atoms with Gasteiger partial charge in [-0.3, -0.25) is 4.99 Å².